The van der Waals surface area contributed by atoms with Crippen LogP contribution in [0.1, 0.15) is 5.56 Å². The predicted molar refractivity (Wildman–Crippen MR) is 76.7 cm³/mol. The summed E-state index contributed by atoms with van der Waals surface area (Å²) in [6, 6.07) is 3.38. The Kier molecular flexibility index (Phi) is 4.59. The molecule has 0 N–H and O–H groups in total. The van der Waals surface area contributed by atoms with Crippen molar-refractivity contribution >= 4 is 29.1 Å². The number of nitro benzene ring substituents is 1. The van der Waals surface area contributed by atoms with E-state index in [1.54, 1.807) is 6.26 Å². The monoisotopic (exact) mass is 329 g/mol. The Labute approximate surface area is 128 Å². The lowest BCUT2D eigenvalue weighted by atomic mass is 10.2. The van der Waals surface area contributed by atoms with E-state index in [1.165, 1.54) is 30.8 Å². The molecule has 1 heterocycles. The number of aryl methyl sites for hydroxylation is 1. The highest BCUT2D eigenvalue weighted by Gasteiger charge is 2.17. The largest absolute Gasteiger partial charge is 0.436 e. The molecule has 0 fully saturated rings. The van der Waals surface area contributed by atoms with Gasteiger partial charge < -0.3 is 4.74 Å². The zero-order chi connectivity index (χ0) is 15.6. The molecule has 9 heteroatoms. The SMILES string of the molecule is CSc1nc(Cl)cc(Oc2cc(C)c([N+](=O)[O-])cc2F)n1. The number of ether oxygens (including phenoxy) is 1. The van der Waals surface area contributed by atoms with Gasteiger partial charge in [-0.25, -0.2) is 9.37 Å². The van der Waals surface area contributed by atoms with Crippen LogP contribution in [0.3, 0.4) is 0 Å². The summed E-state index contributed by atoms with van der Waals surface area (Å²) < 4.78 is 19.1. The van der Waals surface area contributed by atoms with Gasteiger partial charge in [-0.3, -0.25) is 10.1 Å². The Hall–Kier alpha value is -1.93. The van der Waals surface area contributed by atoms with Gasteiger partial charge in [-0.15, -0.1) is 0 Å². The first kappa shape index (κ1) is 15.5. The van der Waals surface area contributed by atoms with Gasteiger partial charge in [0.05, 0.1) is 11.0 Å². The first-order valence-electron chi connectivity index (χ1n) is 5.61. The van der Waals surface area contributed by atoms with Gasteiger partial charge in [-0.05, 0) is 19.2 Å². The zero-order valence-corrected chi connectivity index (χ0v) is 12.5. The summed E-state index contributed by atoms with van der Waals surface area (Å²) in [7, 11) is 0. The summed E-state index contributed by atoms with van der Waals surface area (Å²) in [6.45, 7) is 1.49. The normalized spacial score (nSPS) is 10.5. The number of hydrogen-bond acceptors (Lipinski definition) is 6. The van der Waals surface area contributed by atoms with Gasteiger partial charge in [-0.2, -0.15) is 4.98 Å². The highest BCUT2D eigenvalue weighted by atomic mass is 35.5. The molecule has 2 aromatic rings. The number of benzene rings is 1. The van der Waals surface area contributed by atoms with E-state index >= 15 is 0 Å². The number of rotatable bonds is 4. The molecule has 0 bridgehead atoms. The molecule has 110 valence electrons. The molecule has 0 aliphatic heterocycles. The van der Waals surface area contributed by atoms with Crippen LogP contribution in [-0.4, -0.2) is 21.1 Å². The molecule has 2 rings (SSSR count). The highest BCUT2D eigenvalue weighted by Crippen LogP contribution is 2.31. The van der Waals surface area contributed by atoms with E-state index in [0.717, 1.165) is 6.07 Å². The molecule has 21 heavy (non-hydrogen) atoms. The fourth-order valence-electron chi connectivity index (χ4n) is 1.55. The Balaban J connectivity index is 2.38. The Morgan fingerprint density at radius 2 is 2.10 bits per heavy atom. The summed E-state index contributed by atoms with van der Waals surface area (Å²) in [4.78, 5) is 18.0. The molecule has 1 aromatic heterocycles. The highest BCUT2D eigenvalue weighted by molar-refractivity contribution is 7.98. The van der Waals surface area contributed by atoms with Crippen LogP contribution in [0, 0.1) is 22.9 Å². The smallest absolute Gasteiger partial charge is 0.275 e. The van der Waals surface area contributed by atoms with Gasteiger partial charge >= 0.3 is 0 Å². The Bertz CT molecular complexity index is 714. The minimum Gasteiger partial charge on any atom is -0.436 e. The third-order valence-electron chi connectivity index (χ3n) is 2.50. The van der Waals surface area contributed by atoms with Gasteiger partial charge in [0.1, 0.15) is 5.15 Å². The molecule has 0 atom stereocenters. The van der Waals surface area contributed by atoms with Crippen LogP contribution < -0.4 is 4.74 Å². The van der Waals surface area contributed by atoms with Crippen molar-refractivity contribution < 1.29 is 14.1 Å². The third-order valence-corrected chi connectivity index (χ3v) is 3.24. The molecular formula is C12H9ClFN3O3S. The second-order valence-electron chi connectivity index (χ2n) is 3.94. The predicted octanol–water partition coefficient (Wildman–Crippen LogP) is 4.00. The van der Waals surface area contributed by atoms with Crippen LogP contribution in [0.15, 0.2) is 23.4 Å². The summed E-state index contributed by atoms with van der Waals surface area (Å²) in [5.41, 5.74) is -0.0352. The molecule has 0 aliphatic carbocycles. The van der Waals surface area contributed by atoms with Crippen molar-refractivity contribution in [2.45, 2.75) is 12.1 Å². The van der Waals surface area contributed by atoms with Gasteiger partial charge in [0.25, 0.3) is 5.69 Å². The maximum atomic E-state index is 13.8. The van der Waals surface area contributed by atoms with Gasteiger partial charge in [-0.1, -0.05) is 23.4 Å². The molecule has 0 spiro atoms. The number of nitrogens with zero attached hydrogens (tertiary/aromatic N) is 3. The molecule has 0 aliphatic rings. The van der Waals surface area contributed by atoms with Gasteiger partial charge in [0, 0.05) is 11.6 Å². The van der Waals surface area contributed by atoms with Crippen molar-refractivity contribution in [2.24, 2.45) is 0 Å². The molecular weight excluding hydrogens is 321 g/mol. The molecule has 6 nitrogen and oxygen atoms in total. The summed E-state index contributed by atoms with van der Waals surface area (Å²) >= 11 is 7.06. The number of aromatic nitrogens is 2. The lowest BCUT2D eigenvalue weighted by Crippen LogP contribution is -1.98. The zero-order valence-electron chi connectivity index (χ0n) is 11.0. The lowest BCUT2D eigenvalue weighted by Gasteiger charge is -2.08. The number of halogens is 2. The number of hydrogen-bond donors (Lipinski definition) is 0. The summed E-state index contributed by atoms with van der Waals surface area (Å²) in [6.07, 6.45) is 1.76. The Morgan fingerprint density at radius 3 is 2.71 bits per heavy atom. The molecule has 0 radical (unpaired) electrons. The lowest BCUT2D eigenvalue weighted by molar-refractivity contribution is -0.385. The van der Waals surface area contributed by atoms with Crippen molar-refractivity contribution in [1.82, 2.24) is 9.97 Å². The maximum Gasteiger partial charge on any atom is 0.275 e. The van der Waals surface area contributed by atoms with Crippen LogP contribution in [0.2, 0.25) is 5.15 Å². The van der Waals surface area contributed by atoms with Crippen LogP contribution in [0.5, 0.6) is 11.6 Å². The average molecular weight is 330 g/mol. The van der Waals surface area contributed by atoms with E-state index in [2.05, 4.69) is 9.97 Å². The second kappa shape index (κ2) is 6.23. The molecule has 1 aromatic carbocycles. The van der Waals surface area contributed by atoms with E-state index < -0.39 is 10.7 Å². The van der Waals surface area contributed by atoms with Crippen molar-refractivity contribution in [1.29, 1.82) is 0 Å². The first-order chi connectivity index (χ1) is 9.90. The van der Waals surface area contributed by atoms with E-state index in [4.69, 9.17) is 16.3 Å². The van der Waals surface area contributed by atoms with Crippen molar-refractivity contribution in [2.75, 3.05) is 6.26 Å². The van der Waals surface area contributed by atoms with Crippen LogP contribution >= 0.6 is 23.4 Å². The van der Waals surface area contributed by atoms with Gasteiger partial charge in [0.2, 0.25) is 5.88 Å². The minimum absolute atomic E-state index is 0.0616. The van der Waals surface area contributed by atoms with Crippen molar-refractivity contribution in [3.63, 3.8) is 0 Å². The van der Waals surface area contributed by atoms with Gasteiger partial charge in [0.15, 0.2) is 16.7 Å². The standard InChI is InChI=1S/C12H9ClFN3O3S/c1-6-3-9(7(14)4-8(6)17(18)19)20-11-5-10(13)15-12(16-11)21-2/h3-5H,1-2H3. The average Bonchev–Trinajstić information content (AvgIpc) is 2.41. The molecule has 0 saturated carbocycles. The van der Waals surface area contributed by atoms with E-state index in [0.29, 0.717) is 5.16 Å². The minimum atomic E-state index is -0.854. The van der Waals surface area contributed by atoms with E-state index in [1.807, 2.05) is 0 Å². The first-order valence-corrected chi connectivity index (χ1v) is 7.22. The van der Waals surface area contributed by atoms with Crippen molar-refractivity contribution in [3.8, 4) is 11.6 Å². The molecule has 0 amide bonds. The fourth-order valence-corrected chi connectivity index (χ4v) is 2.15. The third kappa shape index (κ3) is 3.59. The summed E-state index contributed by atoms with van der Waals surface area (Å²) in [5.74, 6) is -0.959. The maximum absolute atomic E-state index is 13.8. The van der Waals surface area contributed by atoms with Crippen LogP contribution in [-0.2, 0) is 0 Å². The van der Waals surface area contributed by atoms with Crippen LogP contribution in [0.25, 0.3) is 0 Å². The quantitative estimate of drug-likeness (QED) is 0.277. The Morgan fingerprint density at radius 1 is 1.38 bits per heavy atom. The molecule has 0 saturated heterocycles. The topological polar surface area (TPSA) is 78.2 Å². The fraction of sp³-hybridized carbons (Fsp3) is 0.167. The summed E-state index contributed by atoms with van der Waals surface area (Å²) in [5, 5.41) is 11.3. The van der Waals surface area contributed by atoms with Crippen LogP contribution in [0.4, 0.5) is 10.1 Å². The second-order valence-corrected chi connectivity index (χ2v) is 5.10. The number of thioether (sulfide) groups is 1. The molecule has 0 unspecified atom stereocenters. The number of nitro groups is 1. The van der Waals surface area contributed by atoms with Crippen molar-refractivity contribution in [3.05, 3.63) is 44.8 Å². The van der Waals surface area contributed by atoms with E-state index in [-0.39, 0.29) is 28.0 Å². The van der Waals surface area contributed by atoms with E-state index in [9.17, 15) is 14.5 Å².